The Morgan fingerprint density at radius 2 is 1.80 bits per heavy atom. The van der Waals surface area contributed by atoms with E-state index >= 15 is 0 Å². The first-order valence-electron chi connectivity index (χ1n) is 6.94. The number of hydrogen-bond acceptors (Lipinski definition) is 3. The summed E-state index contributed by atoms with van der Waals surface area (Å²) in [6.07, 6.45) is 0.747. The van der Waals surface area contributed by atoms with Crippen molar-refractivity contribution in [3.63, 3.8) is 0 Å². The van der Waals surface area contributed by atoms with E-state index in [1.54, 1.807) is 12.1 Å². The number of aromatic hydroxyl groups is 1. The molecule has 1 unspecified atom stereocenters. The summed E-state index contributed by atoms with van der Waals surface area (Å²) in [5, 5.41) is 22.0. The number of rotatable bonds is 7. The lowest BCUT2D eigenvalue weighted by Gasteiger charge is -2.17. The van der Waals surface area contributed by atoms with Crippen LogP contribution in [0.2, 0.25) is 0 Å². The van der Waals surface area contributed by atoms with Crippen molar-refractivity contribution in [2.75, 3.05) is 13.2 Å². The van der Waals surface area contributed by atoms with Crippen molar-refractivity contribution in [2.45, 2.75) is 18.9 Å². The fourth-order valence-electron chi connectivity index (χ4n) is 2.32. The van der Waals surface area contributed by atoms with Gasteiger partial charge in [0.2, 0.25) is 0 Å². The molecule has 106 valence electrons. The van der Waals surface area contributed by atoms with E-state index in [0.717, 1.165) is 18.5 Å². The summed E-state index contributed by atoms with van der Waals surface area (Å²) in [5.74, 6) is 0.595. The smallest absolute Gasteiger partial charge is 0.115 e. The van der Waals surface area contributed by atoms with Gasteiger partial charge >= 0.3 is 0 Å². The molecular weight excluding hydrogens is 250 g/mol. The molecule has 0 fully saturated rings. The van der Waals surface area contributed by atoms with Crippen LogP contribution in [-0.2, 0) is 6.54 Å². The Bertz CT molecular complexity index is 513. The molecule has 0 bridgehead atoms. The van der Waals surface area contributed by atoms with Crippen LogP contribution in [0.15, 0.2) is 54.6 Å². The number of nitrogens with one attached hydrogen (secondary N) is 1. The van der Waals surface area contributed by atoms with E-state index in [1.165, 1.54) is 5.56 Å². The summed E-state index contributed by atoms with van der Waals surface area (Å²) in [4.78, 5) is 0. The maximum absolute atomic E-state index is 9.42. The van der Waals surface area contributed by atoms with Gasteiger partial charge in [-0.2, -0.15) is 0 Å². The number of aliphatic hydroxyl groups is 1. The van der Waals surface area contributed by atoms with Crippen molar-refractivity contribution in [1.82, 2.24) is 5.32 Å². The molecule has 3 N–H and O–H groups in total. The van der Waals surface area contributed by atoms with Gasteiger partial charge in [0.25, 0.3) is 0 Å². The fraction of sp³-hybridized carbons (Fsp3) is 0.294. The molecular formula is C17H21NO2. The highest BCUT2D eigenvalue weighted by Gasteiger charge is 2.10. The molecule has 0 aromatic heterocycles. The van der Waals surface area contributed by atoms with Crippen molar-refractivity contribution in [2.24, 2.45) is 0 Å². The van der Waals surface area contributed by atoms with Crippen LogP contribution in [0.3, 0.4) is 0 Å². The second kappa shape index (κ2) is 7.68. The third-order valence-electron chi connectivity index (χ3n) is 3.38. The molecule has 3 nitrogen and oxygen atoms in total. The molecule has 0 saturated heterocycles. The first-order chi connectivity index (χ1) is 9.79. The number of phenolic OH excluding ortho intramolecular Hbond substituents is 1. The molecule has 3 heteroatoms. The van der Waals surface area contributed by atoms with Crippen LogP contribution in [0, 0.1) is 0 Å². The quantitative estimate of drug-likeness (QED) is 0.725. The van der Waals surface area contributed by atoms with Gasteiger partial charge in [0.15, 0.2) is 0 Å². The molecule has 0 aliphatic carbocycles. The minimum Gasteiger partial charge on any atom is -0.508 e. The molecule has 0 saturated carbocycles. The zero-order valence-corrected chi connectivity index (χ0v) is 11.5. The largest absolute Gasteiger partial charge is 0.508 e. The summed E-state index contributed by atoms with van der Waals surface area (Å²) in [5.41, 5.74) is 2.30. The predicted octanol–water partition coefficient (Wildman–Crippen LogP) is 2.65. The molecule has 0 aliphatic rings. The van der Waals surface area contributed by atoms with Crippen molar-refractivity contribution in [3.8, 4) is 5.75 Å². The minimum atomic E-state index is 0.188. The average molecular weight is 271 g/mol. The van der Waals surface area contributed by atoms with Crippen LogP contribution >= 0.6 is 0 Å². The molecule has 0 heterocycles. The third-order valence-corrected chi connectivity index (χ3v) is 3.38. The van der Waals surface area contributed by atoms with Gasteiger partial charge in [-0.05, 0) is 35.6 Å². The zero-order valence-electron chi connectivity index (χ0n) is 11.5. The van der Waals surface area contributed by atoms with E-state index in [4.69, 9.17) is 0 Å². The van der Waals surface area contributed by atoms with Crippen LogP contribution in [0.25, 0.3) is 0 Å². The summed E-state index contributed by atoms with van der Waals surface area (Å²) >= 11 is 0. The van der Waals surface area contributed by atoms with E-state index < -0.39 is 0 Å². The Morgan fingerprint density at radius 1 is 1.00 bits per heavy atom. The first-order valence-corrected chi connectivity index (χ1v) is 6.94. The summed E-state index contributed by atoms with van der Waals surface area (Å²) in [6, 6.07) is 17.5. The van der Waals surface area contributed by atoms with Crippen LogP contribution in [0.5, 0.6) is 5.75 Å². The second-order valence-corrected chi connectivity index (χ2v) is 4.92. The number of phenols is 1. The molecule has 2 aromatic rings. The Kier molecular flexibility index (Phi) is 5.59. The fourth-order valence-corrected chi connectivity index (χ4v) is 2.32. The van der Waals surface area contributed by atoms with Crippen LogP contribution in [-0.4, -0.2) is 23.4 Å². The Labute approximate surface area is 119 Å². The van der Waals surface area contributed by atoms with Crippen molar-refractivity contribution < 1.29 is 10.2 Å². The molecule has 2 rings (SSSR count). The van der Waals surface area contributed by atoms with Crippen molar-refractivity contribution in [3.05, 3.63) is 65.7 Å². The molecule has 0 aliphatic heterocycles. The summed E-state index contributed by atoms with van der Waals surface area (Å²) in [6.45, 7) is 1.71. The second-order valence-electron chi connectivity index (χ2n) is 4.92. The molecule has 20 heavy (non-hydrogen) atoms. The summed E-state index contributed by atoms with van der Waals surface area (Å²) < 4.78 is 0. The molecule has 1 atom stereocenters. The highest BCUT2D eigenvalue weighted by molar-refractivity contribution is 5.27. The Morgan fingerprint density at radius 3 is 2.50 bits per heavy atom. The van der Waals surface area contributed by atoms with E-state index in [0.29, 0.717) is 18.2 Å². The van der Waals surface area contributed by atoms with Crippen molar-refractivity contribution >= 4 is 0 Å². The van der Waals surface area contributed by atoms with E-state index in [2.05, 4.69) is 17.4 Å². The minimum absolute atomic E-state index is 0.188. The van der Waals surface area contributed by atoms with Crippen molar-refractivity contribution in [1.29, 1.82) is 0 Å². The first kappa shape index (κ1) is 14.6. The third kappa shape index (κ3) is 4.37. The Hall–Kier alpha value is -1.84. The zero-order chi connectivity index (χ0) is 14.2. The van der Waals surface area contributed by atoms with Gasteiger partial charge in [0, 0.05) is 19.7 Å². The van der Waals surface area contributed by atoms with Gasteiger partial charge in [-0.25, -0.2) is 0 Å². The highest BCUT2D eigenvalue weighted by atomic mass is 16.3. The van der Waals surface area contributed by atoms with E-state index in [1.807, 2.05) is 30.3 Å². The monoisotopic (exact) mass is 271 g/mol. The molecule has 2 aromatic carbocycles. The lowest BCUT2D eigenvalue weighted by atomic mass is 9.96. The van der Waals surface area contributed by atoms with Crippen LogP contribution in [0.4, 0.5) is 0 Å². The molecule has 0 radical (unpaired) electrons. The summed E-state index contributed by atoms with van der Waals surface area (Å²) in [7, 11) is 0. The maximum Gasteiger partial charge on any atom is 0.115 e. The topological polar surface area (TPSA) is 52.5 Å². The lowest BCUT2D eigenvalue weighted by molar-refractivity contribution is 0.273. The lowest BCUT2D eigenvalue weighted by Crippen LogP contribution is -2.22. The predicted molar refractivity (Wildman–Crippen MR) is 80.7 cm³/mol. The van der Waals surface area contributed by atoms with Gasteiger partial charge in [-0.15, -0.1) is 0 Å². The van der Waals surface area contributed by atoms with Crippen LogP contribution in [0.1, 0.15) is 23.5 Å². The van der Waals surface area contributed by atoms with Crippen LogP contribution < -0.4 is 5.32 Å². The van der Waals surface area contributed by atoms with Gasteiger partial charge in [0.05, 0.1) is 0 Å². The molecule has 0 spiro atoms. The number of hydrogen-bond donors (Lipinski definition) is 3. The van der Waals surface area contributed by atoms with Gasteiger partial charge in [-0.3, -0.25) is 0 Å². The Balaban J connectivity index is 1.90. The maximum atomic E-state index is 9.42. The molecule has 0 amide bonds. The van der Waals surface area contributed by atoms with Gasteiger partial charge in [-0.1, -0.05) is 42.5 Å². The van der Waals surface area contributed by atoms with E-state index in [-0.39, 0.29) is 6.61 Å². The standard InChI is InChI=1S/C17H21NO2/c19-10-9-16(15-6-2-1-3-7-15)13-18-12-14-5-4-8-17(20)11-14/h1-8,11,16,18-20H,9-10,12-13H2. The van der Waals surface area contributed by atoms with E-state index in [9.17, 15) is 10.2 Å². The van der Waals surface area contributed by atoms with Gasteiger partial charge < -0.3 is 15.5 Å². The van der Waals surface area contributed by atoms with Gasteiger partial charge in [0.1, 0.15) is 5.75 Å². The highest BCUT2D eigenvalue weighted by Crippen LogP contribution is 2.18. The normalized spacial score (nSPS) is 12.2. The SMILES string of the molecule is OCCC(CNCc1cccc(O)c1)c1ccccc1. The number of aliphatic hydroxyl groups excluding tert-OH is 1. The average Bonchev–Trinajstić information content (AvgIpc) is 2.47. The number of benzene rings is 2.